The zero-order chi connectivity index (χ0) is 12.1. The van der Waals surface area contributed by atoms with Gasteiger partial charge in [-0.15, -0.1) is 5.10 Å². The Hall–Kier alpha value is -1.07. The lowest BCUT2D eigenvalue weighted by atomic mass is 10.1. The number of benzene rings is 1. The van der Waals surface area contributed by atoms with E-state index in [-0.39, 0.29) is 0 Å². The molecular formula is C12H15N3S2. The molecule has 17 heavy (non-hydrogen) atoms. The third kappa shape index (κ3) is 3.20. The van der Waals surface area contributed by atoms with Crippen LogP contribution in [0.4, 0.5) is 5.00 Å². The molecule has 0 unspecified atom stereocenters. The molecule has 1 heterocycles. The van der Waals surface area contributed by atoms with E-state index in [1.165, 1.54) is 22.7 Å². The minimum Gasteiger partial charge on any atom is -0.377 e. The zero-order valence-electron chi connectivity index (χ0n) is 9.93. The molecule has 0 aliphatic heterocycles. The van der Waals surface area contributed by atoms with Crippen molar-refractivity contribution in [1.29, 1.82) is 0 Å². The Morgan fingerprint density at radius 3 is 2.88 bits per heavy atom. The van der Waals surface area contributed by atoms with Gasteiger partial charge in [0.05, 0.1) is 0 Å². The number of thioether (sulfide) groups is 1. The van der Waals surface area contributed by atoms with E-state index in [2.05, 4.69) is 46.1 Å². The number of rotatable bonds is 5. The highest BCUT2D eigenvalue weighted by Gasteiger charge is 2.06. The summed E-state index contributed by atoms with van der Waals surface area (Å²) < 4.78 is 3.95. The minimum atomic E-state index is 0.904. The Balaban J connectivity index is 1.90. The highest BCUT2D eigenvalue weighted by Crippen LogP contribution is 2.24. The molecule has 90 valence electrons. The smallest absolute Gasteiger partial charge is 0.133 e. The molecule has 0 bridgehead atoms. The number of hydrogen-bond acceptors (Lipinski definition) is 5. The normalized spacial score (nSPS) is 10.5. The quantitative estimate of drug-likeness (QED) is 0.900. The summed E-state index contributed by atoms with van der Waals surface area (Å²) in [5.41, 5.74) is 3.80. The average Bonchev–Trinajstić information content (AvgIpc) is 2.79. The van der Waals surface area contributed by atoms with Gasteiger partial charge in [-0.2, -0.15) is 11.8 Å². The van der Waals surface area contributed by atoms with E-state index in [1.807, 2.05) is 18.8 Å². The van der Waals surface area contributed by atoms with Gasteiger partial charge in [-0.25, -0.2) is 0 Å². The first kappa shape index (κ1) is 12.4. The van der Waals surface area contributed by atoms with E-state index in [9.17, 15) is 0 Å². The van der Waals surface area contributed by atoms with Crippen LogP contribution >= 0.6 is 23.3 Å². The van der Waals surface area contributed by atoms with Crippen LogP contribution < -0.4 is 5.32 Å². The van der Waals surface area contributed by atoms with Gasteiger partial charge < -0.3 is 5.32 Å². The highest BCUT2D eigenvalue weighted by molar-refractivity contribution is 7.97. The lowest BCUT2D eigenvalue weighted by Crippen LogP contribution is -1.92. The van der Waals surface area contributed by atoms with Crippen LogP contribution in [-0.2, 0) is 11.5 Å². The van der Waals surface area contributed by atoms with Crippen LogP contribution in [0.25, 0.3) is 0 Å². The summed E-state index contributed by atoms with van der Waals surface area (Å²) in [7, 11) is 1.91. The van der Waals surface area contributed by atoms with Crippen molar-refractivity contribution < 1.29 is 0 Å². The summed E-state index contributed by atoms with van der Waals surface area (Å²) >= 11 is 3.29. The van der Waals surface area contributed by atoms with Gasteiger partial charge in [0.15, 0.2) is 0 Å². The number of aromatic nitrogens is 2. The van der Waals surface area contributed by atoms with E-state index in [4.69, 9.17) is 0 Å². The molecule has 5 heteroatoms. The van der Waals surface area contributed by atoms with Gasteiger partial charge >= 0.3 is 0 Å². The maximum Gasteiger partial charge on any atom is 0.133 e. The first-order chi connectivity index (χ1) is 8.31. The highest BCUT2D eigenvalue weighted by atomic mass is 32.2. The van der Waals surface area contributed by atoms with Gasteiger partial charge in [-0.3, -0.25) is 0 Å². The molecule has 0 aliphatic carbocycles. The van der Waals surface area contributed by atoms with Gasteiger partial charge in [0.1, 0.15) is 10.7 Å². The third-order valence-corrected chi connectivity index (χ3v) is 4.32. The van der Waals surface area contributed by atoms with Crippen LogP contribution in [0, 0.1) is 6.92 Å². The molecule has 0 spiro atoms. The van der Waals surface area contributed by atoms with Crippen molar-refractivity contribution >= 4 is 28.3 Å². The van der Waals surface area contributed by atoms with Crippen LogP contribution in [0.15, 0.2) is 24.3 Å². The Morgan fingerprint density at radius 2 is 2.12 bits per heavy atom. The molecule has 0 aliphatic rings. The molecule has 0 saturated heterocycles. The second-order valence-electron chi connectivity index (χ2n) is 3.72. The SMILES string of the molecule is CNc1snnc1CSCc1ccccc1C. The predicted octanol–water partition coefficient (Wildman–Crippen LogP) is 3.32. The van der Waals surface area contributed by atoms with E-state index in [0.717, 1.165) is 22.2 Å². The van der Waals surface area contributed by atoms with E-state index in [0.29, 0.717) is 0 Å². The molecule has 0 radical (unpaired) electrons. The molecule has 1 aromatic heterocycles. The first-order valence-electron chi connectivity index (χ1n) is 5.42. The Bertz CT molecular complexity index is 482. The molecule has 1 aromatic carbocycles. The molecule has 0 fully saturated rings. The van der Waals surface area contributed by atoms with Crippen molar-refractivity contribution in [3.8, 4) is 0 Å². The van der Waals surface area contributed by atoms with Gasteiger partial charge in [0.2, 0.25) is 0 Å². The van der Waals surface area contributed by atoms with Crippen LogP contribution in [0.5, 0.6) is 0 Å². The molecule has 0 saturated carbocycles. The van der Waals surface area contributed by atoms with E-state index in [1.54, 1.807) is 0 Å². The fourth-order valence-electron chi connectivity index (χ4n) is 1.52. The van der Waals surface area contributed by atoms with Crippen molar-refractivity contribution in [2.75, 3.05) is 12.4 Å². The van der Waals surface area contributed by atoms with Gasteiger partial charge in [0.25, 0.3) is 0 Å². The fourth-order valence-corrected chi connectivity index (χ4v) is 3.19. The second kappa shape index (κ2) is 6.02. The van der Waals surface area contributed by atoms with Crippen LogP contribution in [0.2, 0.25) is 0 Å². The van der Waals surface area contributed by atoms with Gasteiger partial charge in [-0.05, 0) is 18.1 Å². The summed E-state index contributed by atoms with van der Waals surface area (Å²) in [6.07, 6.45) is 0. The van der Waals surface area contributed by atoms with Crippen LogP contribution in [-0.4, -0.2) is 16.6 Å². The number of aryl methyl sites for hydroxylation is 1. The number of nitrogens with zero attached hydrogens (tertiary/aromatic N) is 2. The Morgan fingerprint density at radius 1 is 1.29 bits per heavy atom. The molecule has 2 aromatic rings. The number of nitrogens with one attached hydrogen (secondary N) is 1. The maximum atomic E-state index is 4.13. The standard InChI is InChI=1S/C12H15N3S2/c1-9-5-3-4-6-10(9)7-16-8-11-12(13-2)17-15-14-11/h3-6,13H,7-8H2,1-2H3. The van der Waals surface area contributed by atoms with Crippen molar-refractivity contribution in [2.45, 2.75) is 18.4 Å². The van der Waals surface area contributed by atoms with Gasteiger partial charge in [0, 0.05) is 30.1 Å². The molecule has 3 nitrogen and oxygen atoms in total. The lowest BCUT2D eigenvalue weighted by molar-refractivity contribution is 1.07. The van der Waals surface area contributed by atoms with Gasteiger partial charge in [-0.1, -0.05) is 28.8 Å². The minimum absolute atomic E-state index is 0.904. The average molecular weight is 265 g/mol. The maximum absolute atomic E-state index is 4.13. The summed E-state index contributed by atoms with van der Waals surface area (Å²) in [6.45, 7) is 2.15. The van der Waals surface area contributed by atoms with Crippen LogP contribution in [0.1, 0.15) is 16.8 Å². The summed E-state index contributed by atoms with van der Waals surface area (Å²) in [5.74, 6) is 1.92. The third-order valence-electron chi connectivity index (χ3n) is 2.54. The Kier molecular flexibility index (Phi) is 4.39. The summed E-state index contributed by atoms with van der Waals surface area (Å²) in [6, 6.07) is 8.50. The molecule has 1 N–H and O–H groups in total. The first-order valence-corrected chi connectivity index (χ1v) is 7.35. The van der Waals surface area contributed by atoms with Crippen molar-refractivity contribution in [2.24, 2.45) is 0 Å². The predicted molar refractivity (Wildman–Crippen MR) is 75.6 cm³/mol. The second-order valence-corrected chi connectivity index (χ2v) is 5.46. The molecule has 0 amide bonds. The molecule has 0 atom stereocenters. The summed E-state index contributed by atoms with van der Waals surface area (Å²) in [4.78, 5) is 0. The summed E-state index contributed by atoms with van der Waals surface area (Å²) in [5, 5.41) is 8.31. The van der Waals surface area contributed by atoms with Crippen molar-refractivity contribution in [1.82, 2.24) is 9.59 Å². The van der Waals surface area contributed by atoms with E-state index < -0.39 is 0 Å². The zero-order valence-corrected chi connectivity index (χ0v) is 11.6. The fraction of sp³-hybridized carbons (Fsp3) is 0.333. The number of anilines is 1. The number of hydrogen-bond donors (Lipinski definition) is 1. The van der Waals surface area contributed by atoms with Crippen molar-refractivity contribution in [3.05, 3.63) is 41.1 Å². The molecule has 2 rings (SSSR count). The van der Waals surface area contributed by atoms with E-state index >= 15 is 0 Å². The molecular weight excluding hydrogens is 250 g/mol. The Labute approximate surface area is 110 Å². The van der Waals surface area contributed by atoms with Crippen molar-refractivity contribution in [3.63, 3.8) is 0 Å². The lowest BCUT2D eigenvalue weighted by Gasteiger charge is -2.04. The monoisotopic (exact) mass is 265 g/mol. The largest absolute Gasteiger partial charge is 0.377 e. The topological polar surface area (TPSA) is 37.8 Å². The van der Waals surface area contributed by atoms with Crippen LogP contribution in [0.3, 0.4) is 0 Å².